The lowest BCUT2D eigenvalue weighted by molar-refractivity contribution is 0.0642. The van der Waals surface area contributed by atoms with E-state index >= 15 is 0 Å². The molecule has 0 spiro atoms. The summed E-state index contributed by atoms with van der Waals surface area (Å²) < 4.78 is 5.42. The van der Waals surface area contributed by atoms with Crippen molar-refractivity contribution in [3.63, 3.8) is 0 Å². The molecular weight excluding hydrogens is 162 g/mol. The minimum atomic E-state index is 0.377. The van der Waals surface area contributed by atoms with Gasteiger partial charge in [-0.15, -0.1) is 0 Å². The van der Waals surface area contributed by atoms with Crippen molar-refractivity contribution in [1.82, 2.24) is 5.32 Å². The number of rotatable bonds is 8. The van der Waals surface area contributed by atoms with Gasteiger partial charge in [0.1, 0.15) is 0 Å². The third kappa shape index (κ3) is 5.27. The summed E-state index contributed by atoms with van der Waals surface area (Å²) in [6.45, 7) is 4.42. The van der Waals surface area contributed by atoms with E-state index in [0.717, 1.165) is 6.42 Å². The number of hydrogen-bond acceptors (Lipinski definition) is 2. The van der Waals surface area contributed by atoms with Crippen molar-refractivity contribution in [3.05, 3.63) is 0 Å². The van der Waals surface area contributed by atoms with Gasteiger partial charge in [0.2, 0.25) is 0 Å². The molecule has 13 heavy (non-hydrogen) atoms. The molecule has 2 heteroatoms. The molecule has 0 aromatic heterocycles. The molecule has 80 valence electrons. The van der Waals surface area contributed by atoms with Crippen molar-refractivity contribution in [3.8, 4) is 0 Å². The van der Waals surface area contributed by atoms with E-state index in [0.29, 0.717) is 12.1 Å². The molecule has 0 aliphatic rings. The predicted molar refractivity (Wildman–Crippen MR) is 58.1 cm³/mol. The Hall–Kier alpha value is -0.0800. The lowest BCUT2D eigenvalue weighted by Gasteiger charge is -2.24. The van der Waals surface area contributed by atoms with Crippen LogP contribution in [0.5, 0.6) is 0 Å². The Balaban J connectivity index is 3.71. The number of ether oxygens (including phenoxy) is 1. The third-order valence-corrected chi connectivity index (χ3v) is 2.64. The quantitative estimate of drug-likeness (QED) is 0.590. The molecule has 0 fully saturated rings. The van der Waals surface area contributed by atoms with Crippen molar-refractivity contribution in [2.45, 2.75) is 58.1 Å². The molecule has 0 aromatic carbocycles. The lowest BCUT2D eigenvalue weighted by atomic mass is 10.0. The van der Waals surface area contributed by atoms with Gasteiger partial charge in [-0.1, -0.05) is 33.1 Å². The zero-order chi connectivity index (χ0) is 10.1. The Morgan fingerprint density at radius 1 is 1.23 bits per heavy atom. The molecule has 0 bridgehead atoms. The van der Waals surface area contributed by atoms with Gasteiger partial charge in [0.05, 0.1) is 6.10 Å². The summed E-state index contributed by atoms with van der Waals surface area (Å²) in [5, 5.41) is 3.34. The molecule has 0 aliphatic carbocycles. The monoisotopic (exact) mass is 187 g/mol. The van der Waals surface area contributed by atoms with Crippen LogP contribution in [-0.4, -0.2) is 26.3 Å². The van der Waals surface area contributed by atoms with Crippen molar-refractivity contribution < 1.29 is 4.74 Å². The Labute approximate surface area is 83.1 Å². The molecule has 0 amide bonds. The summed E-state index contributed by atoms with van der Waals surface area (Å²) in [6, 6.07) is 0.529. The van der Waals surface area contributed by atoms with E-state index in [2.05, 4.69) is 19.2 Å². The number of nitrogens with one attached hydrogen (secondary N) is 1. The van der Waals surface area contributed by atoms with Gasteiger partial charge in [0.15, 0.2) is 0 Å². The molecular formula is C11H25NO. The van der Waals surface area contributed by atoms with E-state index in [1.807, 2.05) is 7.05 Å². The minimum absolute atomic E-state index is 0.377. The summed E-state index contributed by atoms with van der Waals surface area (Å²) in [4.78, 5) is 0. The Morgan fingerprint density at radius 2 is 1.92 bits per heavy atom. The maximum Gasteiger partial charge on any atom is 0.0721 e. The highest BCUT2D eigenvalue weighted by molar-refractivity contribution is 4.74. The molecule has 0 saturated heterocycles. The second-order valence-electron chi connectivity index (χ2n) is 3.57. The highest BCUT2D eigenvalue weighted by Crippen LogP contribution is 2.11. The highest BCUT2D eigenvalue weighted by atomic mass is 16.5. The highest BCUT2D eigenvalue weighted by Gasteiger charge is 2.16. The van der Waals surface area contributed by atoms with Crippen molar-refractivity contribution in [2.75, 3.05) is 14.2 Å². The van der Waals surface area contributed by atoms with Crippen molar-refractivity contribution >= 4 is 0 Å². The summed E-state index contributed by atoms with van der Waals surface area (Å²) in [6.07, 6.45) is 6.63. The molecule has 0 saturated carbocycles. The van der Waals surface area contributed by atoms with Gasteiger partial charge in [-0.2, -0.15) is 0 Å². The molecule has 0 aliphatic heterocycles. The van der Waals surface area contributed by atoms with E-state index in [1.165, 1.54) is 25.7 Å². The third-order valence-electron chi connectivity index (χ3n) is 2.64. The zero-order valence-electron chi connectivity index (χ0n) is 9.60. The SMILES string of the molecule is CCCCCC(NC)C(CC)OC. The van der Waals surface area contributed by atoms with E-state index in [9.17, 15) is 0 Å². The fourth-order valence-electron chi connectivity index (χ4n) is 1.75. The summed E-state index contributed by atoms with van der Waals surface area (Å²) in [5.74, 6) is 0. The van der Waals surface area contributed by atoms with E-state index in [1.54, 1.807) is 7.11 Å². The molecule has 0 aromatic rings. The molecule has 2 nitrogen and oxygen atoms in total. The maximum atomic E-state index is 5.42. The average molecular weight is 187 g/mol. The Bertz CT molecular complexity index is 102. The van der Waals surface area contributed by atoms with Crippen LogP contribution in [0.3, 0.4) is 0 Å². The molecule has 2 unspecified atom stereocenters. The van der Waals surface area contributed by atoms with Gasteiger partial charge >= 0.3 is 0 Å². The van der Waals surface area contributed by atoms with Crippen LogP contribution in [0.1, 0.15) is 46.0 Å². The predicted octanol–water partition coefficient (Wildman–Crippen LogP) is 2.58. The standard InChI is InChI=1S/C11H25NO/c1-5-7-8-9-10(12-3)11(6-2)13-4/h10-12H,5-9H2,1-4H3. The molecule has 2 atom stereocenters. The number of unbranched alkanes of at least 4 members (excludes halogenated alkanes) is 2. The molecule has 1 N–H and O–H groups in total. The second-order valence-corrected chi connectivity index (χ2v) is 3.57. The normalized spacial score (nSPS) is 15.7. The number of methoxy groups -OCH3 is 1. The summed E-state index contributed by atoms with van der Waals surface area (Å²) in [7, 11) is 3.83. The molecule has 0 radical (unpaired) electrons. The molecule has 0 rings (SSSR count). The topological polar surface area (TPSA) is 21.3 Å². The number of hydrogen-bond donors (Lipinski definition) is 1. The van der Waals surface area contributed by atoms with E-state index in [4.69, 9.17) is 4.74 Å². The van der Waals surface area contributed by atoms with E-state index in [-0.39, 0.29) is 0 Å². The van der Waals surface area contributed by atoms with E-state index < -0.39 is 0 Å². The first-order chi connectivity index (χ1) is 6.29. The van der Waals surface area contributed by atoms with Crippen LogP contribution < -0.4 is 5.32 Å². The summed E-state index contributed by atoms with van der Waals surface area (Å²) >= 11 is 0. The van der Waals surface area contributed by atoms with Crippen molar-refractivity contribution in [1.29, 1.82) is 0 Å². The van der Waals surface area contributed by atoms with Gasteiger partial charge in [-0.05, 0) is 19.9 Å². The fourth-order valence-corrected chi connectivity index (χ4v) is 1.75. The lowest BCUT2D eigenvalue weighted by Crippen LogP contribution is -2.38. The second kappa shape index (κ2) is 8.52. The number of likely N-dealkylation sites (N-methyl/N-ethyl adjacent to an activating group) is 1. The zero-order valence-corrected chi connectivity index (χ0v) is 9.60. The van der Waals surface area contributed by atoms with Gasteiger partial charge in [-0.25, -0.2) is 0 Å². The average Bonchev–Trinajstić information content (AvgIpc) is 2.17. The van der Waals surface area contributed by atoms with Gasteiger partial charge in [0, 0.05) is 13.2 Å². The minimum Gasteiger partial charge on any atom is -0.380 e. The smallest absolute Gasteiger partial charge is 0.0721 e. The van der Waals surface area contributed by atoms with Gasteiger partial charge in [-0.3, -0.25) is 0 Å². The van der Waals surface area contributed by atoms with Crippen LogP contribution >= 0.6 is 0 Å². The van der Waals surface area contributed by atoms with Crippen molar-refractivity contribution in [2.24, 2.45) is 0 Å². The Morgan fingerprint density at radius 3 is 2.31 bits per heavy atom. The van der Waals surface area contributed by atoms with Crippen LogP contribution in [0.4, 0.5) is 0 Å². The maximum absolute atomic E-state index is 5.42. The van der Waals surface area contributed by atoms with Crippen LogP contribution in [0.2, 0.25) is 0 Å². The summed E-state index contributed by atoms with van der Waals surface area (Å²) in [5.41, 5.74) is 0. The largest absolute Gasteiger partial charge is 0.380 e. The van der Waals surface area contributed by atoms with Crippen LogP contribution in [0, 0.1) is 0 Å². The first-order valence-electron chi connectivity index (χ1n) is 5.50. The first kappa shape index (κ1) is 12.9. The van der Waals surface area contributed by atoms with Crippen LogP contribution in [0.25, 0.3) is 0 Å². The first-order valence-corrected chi connectivity index (χ1v) is 5.50. The fraction of sp³-hybridized carbons (Fsp3) is 1.00. The van der Waals surface area contributed by atoms with Crippen LogP contribution in [0.15, 0.2) is 0 Å². The van der Waals surface area contributed by atoms with Crippen LogP contribution in [-0.2, 0) is 4.74 Å². The van der Waals surface area contributed by atoms with Gasteiger partial charge < -0.3 is 10.1 Å². The molecule has 0 heterocycles. The van der Waals surface area contributed by atoms with Gasteiger partial charge in [0.25, 0.3) is 0 Å². The Kier molecular flexibility index (Phi) is 8.46.